The van der Waals surface area contributed by atoms with Crippen molar-refractivity contribution in [1.29, 1.82) is 0 Å². The van der Waals surface area contributed by atoms with Gasteiger partial charge in [-0.25, -0.2) is 0 Å². The third-order valence-electron chi connectivity index (χ3n) is 6.01. The summed E-state index contributed by atoms with van der Waals surface area (Å²) in [6.45, 7) is 1.58. The van der Waals surface area contributed by atoms with E-state index in [2.05, 4.69) is 34.9 Å². The number of phenolic OH excluding ortho intramolecular Hbond substituents is 1. The minimum atomic E-state index is -0.214. The molecule has 0 bridgehead atoms. The number of anilines is 1. The molecule has 1 aromatic heterocycles. The van der Waals surface area contributed by atoms with Gasteiger partial charge in [-0.3, -0.25) is 9.78 Å². The SMILES string of the molecule is O=C(NCCCCCCNc1c2c(nc3ccccc13)CCCC2)c1ccccc1O. The number of rotatable bonds is 9. The highest BCUT2D eigenvalue weighted by Crippen LogP contribution is 2.33. The molecule has 31 heavy (non-hydrogen) atoms. The van der Waals surface area contributed by atoms with Crippen molar-refractivity contribution in [3.63, 3.8) is 0 Å². The van der Waals surface area contributed by atoms with Crippen LogP contribution in [-0.4, -0.2) is 29.1 Å². The van der Waals surface area contributed by atoms with E-state index in [-0.39, 0.29) is 11.7 Å². The van der Waals surface area contributed by atoms with Gasteiger partial charge in [-0.2, -0.15) is 0 Å². The molecule has 0 fully saturated rings. The maximum absolute atomic E-state index is 12.1. The van der Waals surface area contributed by atoms with E-state index >= 15 is 0 Å². The number of fused-ring (bicyclic) bond motifs is 2. The molecule has 162 valence electrons. The van der Waals surface area contributed by atoms with Gasteiger partial charge in [0.25, 0.3) is 5.91 Å². The fourth-order valence-electron chi connectivity index (χ4n) is 4.35. The van der Waals surface area contributed by atoms with Gasteiger partial charge in [0.2, 0.25) is 0 Å². The number of aromatic hydroxyl groups is 1. The molecule has 5 nitrogen and oxygen atoms in total. The second-order valence-corrected chi connectivity index (χ2v) is 8.25. The summed E-state index contributed by atoms with van der Waals surface area (Å²) in [5.41, 5.74) is 5.39. The van der Waals surface area contributed by atoms with Crippen LogP contribution in [0.3, 0.4) is 0 Å². The fraction of sp³-hybridized carbons (Fsp3) is 0.385. The minimum Gasteiger partial charge on any atom is -0.507 e. The lowest BCUT2D eigenvalue weighted by atomic mass is 9.92. The molecule has 0 aliphatic heterocycles. The summed E-state index contributed by atoms with van der Waals surface area (Å²) in [4.78, 5) is 17.0. The summed E-state index contributed by atoms with van der Waals surface area (Å²) in [5, 5.41) is 17.6. The third-order valence-corrected chi connectivity index (χ3v) is 6.01. The summed E-state index contributed by atoms with van der Waals surface area (Å²) in [5.74, 6) is -0.189. The Hall–Kier alpha value is -3.08. The van der Waals surface area contributed by atoms with E-state index < -0.39 is 0 Å². The molecule has 0 spiro atoms. The quantitative estimate of drug-likeness (QED) is 0.417. The van der Waals surface area contributed by atoms with E-state index in [9.17, 15) is 9.90 Å². The van der Waals surface area contributed by atoms with Gasteiger partial charge in [0.15, 0.2) is 0 Å². The van der Waals surface area contributed by atoms with Crippen LogP contribution in [-0.2, 0) is 12.8 Å². The van der Waals surface area contributed by atoms with Gasteiger partial charge in [0, 0.05) is 29.9 Å². The second kappa shape index (κ2) is 10.3. The lowest BCUT2D eigenvalue weighted by molar-refractivity contribution is 0.0950. The predicted octanol–water partition coefficient (Wildman–Crippen LogP) is 5.22. The molecule has 4 rings (SSSR count). The molecule has 2 aromatic carbocycles. The molecule has 3 N–H and O–H groups in total. The highest BCUT2D eigenvalue weighted by Gasteiger charge is 2.17. The molecule has 0 saturated heterocycles. The number of nitrogens with one attached hydrogen (secondary N) is 2. The van der Waals surface area contributed by atoms with Crippen LogP contribution >= 0.6 is 0 Å². The van der Waals surface area contributed by atoms with Crippen LogP contribution < -0.4 is 10.6 Å². The van der Waals surface area contributed by atoms with Gasteiger partial charge in [-0.1, -0.05) is 43.2 Å². The number of hydrogen-bond acceptors (Lipinski definition) is 4. The van der Waals surface area contributed by atoms with Crippen LogP contribution in [0.2, 0.25) is 0 Å². The van der Waals surface area contributed by atoms with Crippen molar-refractivity contribution in [1.82, 2.24) is 10.3 Å². The number of unbranched alkanes of at least 4 members (excludes halogenated alkanes) is 3. The zero-order valence-electron chi connectivity index (χ0n) is 18.0. The second-order valence-electron chi connectivity index (χ2n) is 8.25. The number of aryl methyl sites for hydroxylation is 1. The highest BCUT2D eigenvalue weighted by atomic mass is 16.3. The van der Waals surface area contributed by atoms with E-state index in [1.165, 1.54) is 41.2 Å². The van der Waals surface area contributed by atoms with Gasteiger partial charge in [-0.05, 0) is 62.3 Å². The number of amides is 1. The van der Waals surface area contributed by atoms with E-state index in [1.54, 1.807) is 18.2 Å². The number of phenols is 1. The zero-order valence-corrected chi connectivity index (χ0v) is 18.0. The van der Waals surface area contributed by atoms with Crippen LogP contribution in [0, 0.1) is 0 Å². The summed E-state index contributed by atoms with van der Waals surface area (Å²) >= 11 is 0. The first-order valence-electron chi connectivity index (χ1n) is 11.4. The number of hydrogen-bond donors (Lipinski definition) is 3. The summed E-state index contributed by atoms with van der Waals surface area (Å²) < 4.78 is 0. The molecular weight excluding hydrogens is 386 g/mol. The number of benzene rings is 2. The van der Waals surface area contributed by atoms with Crippen LogP contribution in [0.25, 0.3) is 10.9 Å². The van der Waals surface area contributed by atoms with Gasteiger partial charge in [0.05, 0.1) is 11.1 Å². The molecule has 0 atom stereocenters. The topological polar surface area (TPSA) is 74.2 Å². The Kier molecular flexibility index (Phi) is 7.03. The number of carbonyl (C=O) groups excluding carboxylic acids is 1. The molecule has 0 radical (unpaired) electrons. The van der Waals surface area contributed by atoms with E-state index in [0.29, 0.717) is 12.1 Å². The normalized spacial score (nSPS) is 13.0. The standard InChI is InChI=1S/C26H31N3O2/c30-24-16-8-5-13-21(24)26(31)28-18-10-2-1-9-17-27-25-19-11-3-6-14-22(19)29-23-15-7-4-12-20(23)25/h3,5-6,8,11,13-14,16,30H,1-2,4,7,9-10,12,15,17-18H2,(H,27,29)(H,28,31). The number of carbonyl (C=O) groups is 1. The van der Waals surface area contributed by atoms with E-state index in [1.807, 2.05) is 0 Å². The van der Waals surface area contributed by atoms with Crippen molar-refractivity contribution in [2.45, 2.75) is 51.4 Å². The van der Waals surface area contributed by atoms with Gasteiger partial charge >= 0.3 is 0 Å². The molecular formula is C26H31N3O2. The van der Waals surface area contributed by atoms with Crippen molar-refractivity contribution in [3.8, 4) is 5.75 Å². The maximum atomic E-state index is 12.1. The monoisotopic (exact) mass is 417 g/mol. The van der Waals surface area contributed by atoms with Crippen LogP contribution in [0.5, 0.6) is 5.75 Å². The van der Waals surface area contributed by atoms with Crippen molar-refractivity contribution in [2.24, 2.45) is 0 Å². The Bertz CT molecular complexity index is 1050. The summed E-state index contributed by atoms with van der Waals surface area (Å²) in [6.07, 6.45) is 8.90. The van der Waals surface area contributed by atoms with Crippen LogP contribution in [0.1, 0.15) is 60.1 Å². The summed E-state index contributed by atoms with van der Waals surface area (Å²) in [7, 11) is 0. The zero-order chi connectivity index (χ0) is 21.5. The number of pyridine rings is 1. The Morgan fingerprint density at radius 3 is 2.52 bits per heavy atom. The van der Waals surface area contributed by atoms with Gasteiger partial charge in [0.1, 0.15) is 5.75 Å². The van der Waals surface area contributed by atoms with Crippen molar-refractivity contribution >= 4 is 22.5 Å². The Morgan fingerprint density at radius 1 is 0.903 bits per heavy atom. The highest BCUT2D eigenvalue weighted by molar-refractivity contribution is 5.96. The first-order chi connectivity index (χ1) is 15.2. The van der Waals surface area contributed by atoms with Crippen LogP contribution in [0.4, 0.5) is 5.69 Å². The molecule has 1 aliphatic carbocycles. The lowest BCUT2D eigenvalue weighted by Crippen LogP contribution is -2.24. The maximum Gasteiger partial charge on any atom is 0.255 e. The van der Waals surface area contributed by atoms with Crippen molar-refractivity contribution in [3.05, 3.63) is 65.4 Å². The Morgan fingerprint density at radius 2 is 1.65 bits per heavy atom. The average Bonchev–Trinajstić information content (AvgIpc) is 2.80. The van der Waals surface area contributed by atoms with Crippen LogP contribution in [0.15, 0.2) is 48.5 Å². The Balaban J connectivity index is 1.22. The molecule has 5 heteroatoms. The molecule has 1 amide bonds. The van der Waals surface area contributed by atoms with Crippen molar-refractivity contribution in [2.75, 3.05) is 18.4 Å². The first-order valence-corrected chi connectivity index (χ1v) is 11.4. The molecule has 1 aliphatic rings. The molecule has 0 saturated carbocycles. The van der Waals surface area contributed by atoms with E-state index in [0.717, 1.165) is 50.6 Å². The number of aromatic nitrogens is 1. The van der Waals surface area contributed by atoms with Gasteiger partial charge < -0.3 is 15.7 Å². The number of para-hydroxylation sites is 2. The fourth-order valence-corrected chi connectivity index (χ4v) is 4.35. The largest absolute Gasteiger partial charge is 0.507 e. The predicted molar refractivity (Wildman–Crippen MR) is 126 cm³/mol. The lowest BCUT2D eigenvalue weighted by Gasteiger charge is -2.21. The number of nitrogens with zero attached hydrogens (tertiary/aromatic N) is 1. The molecule has 3 aromatic rings. The first kappa shape index (κ1) is 21.2. The van der Waals surface area contributed by atoms with Crippen molar-refractivity contribution < 1.29 is 9.90 Å². The third kappa shape index (κ3) is 5.16. The van der Waals surface area contributed by atoms with Gasteiger partial charge in [-0.15, -0.1) is 0 Å². The molecule has 0 unspecified atom stereocenters. The average molecular weight is 418 g/mol. The molecule has 1 heterocycles. The summed E-state index contributed by atoms with van der Waals surface area (Å²) in [6, 6.07) is 15.1. The van der Waals surface area contributed by atoms with E-state index in [4.69, 9.17) is 4.98 Å². The minimum absolute atomic E-state index is 0.0249. The smallest absolute Gasteiger partial charge is 0.255 e. The Labute approximate surface area is 183 Å².